The van der Waals surface area contributed by atoms with Gasteiger partial charge in [-0.05, 0) is 18.2 Å². The highest BCUT2D eigenvalue weighted by Crippen LogP contribution is 2.15. The highest BCUT2D eigenvalue weighted by molar-refractivity contribution is 5.42. The van der Waals surface area contributed by atoms with E-state index in [1.807, 2.05) is 12.1 Å². The topological polar surface area (TPSA) is 33.0 Å². The van der Waals surface area contributed by atoms with Crippen molar-refractivity contribution >= 4 is 0 Å². The number of rotatable bonds is 3. The number of nitrogens with zero attached hydrogens (tertiary/aromatic N) is 1. The summed E-state index contributed by atoms with van der Waals surface area (Å²) in [5.74, 6) is 0.594. The standard InChI is InChI=1S/C11H9NO/c1-2-3-8-13-11-7-5-4-6-10(11)9-12/h3-7H,1,8H2. The molecule has 0 radical (unpaired) electrons. The average molecular weight is 171 g/mol. The Morgan fingerprint density at radius 2 is 2.23 bits per heavy atom. The maximum absolute atomic E-state index is 8.71. The number of ether oxygens (including phenoxy) is 1. The molecule has 0 aliphatic rings. The first-order chi connectivity index (χ1) is 6.38. The van der Waals surface area contributed by atoms with E-state index < -0.39 is 0 Å². The molecule has 64 valence electrons. The van der Waals surface area contributed by atoms with Crippen LogP contribution in [0.2, 0.25) is 0 Å². The Bertz CT molecular complexity index is 370. The molecule has 0 aliphatic carbocycles. The molecule has 0 heterocycles. The average Bonchev–Trinajstić information content (AvgIpc) is 2.19. The van der Waals surface area contributed by atoms with Crippen LogP contribution in [-0.2, 0) is 0 Å². The normalized spacial score (nSPS) is 8.23. The summed E-state index contributed by atoms with van der Waals surface area (Å²) in [6, 6.07) is 9.15. The minimum atomic E-state index is 0.391. The molecule has 0 N–H and O–H groups in total. The predicted molar refractivity (Wildman–Crippen MR) is 50.4 cm³/mol. The third kappa shape index (κ3) is 2.52. The van der Waals surface area contributed by atoms with Gasteiger partial charge in [0.15, 0.2) is 0 Å². The molecule has 2 nitrogen and oxygen atoms in total. The van der Waals surface area contributed by atoms with Crippen LogP contribution in [-0.4, -0.2) is 6.61 Å². The molecule has 13 heavy (non-hydrogen) atoms. The quantitative estimate of drug-likeness (QED) is 0.653. The van der Waals surface area contributed by atoms with Crippen molar-refractivity contribution in [3.63, 3.8) is 0 Å². The van der Waals surface area contributed by atoms with Crippen molar-refractivity contribution in [2.75, 3.05) is 6.61 Å². The highest BCUT2D eigenvalue weighted by Gasteiger charge is 1.98. The number of hydrogen-bond acceptors (Lipinski definition) is 2. The van der Waals surface area contributed by atoms with Gasteiger partial charge < -0.3 is 4.74 Å². The molecule has 0 unspecified atom stereocenters. The Hall–Kier alpha value is -1.97. The van der Waals surface area contributed by atoms with Crippen molar-refractivity contribution < 1.29 is 4.74 Å². The largest absolute Gasteiger partial charge is 0.488 e. The van der Waals surface area contributed by atoms with E-state index in [0.717, 1.165) is 0 Å². The van der Waals surface area contributed by atoms with Crippen molar-refractivity contribution in [2.45, 2.75) is 0 Å². The van der Waals surface area contributed by atoms with E-state index in [-0.39, 0.29) is 0 Å². The zero-order valence-corrected chi connectivity index (χ0v) is 7.16. The minimum absolute atomic E-state index is 0.391. The molecule has 1 rings (SSSR count). The monoisotopic (exact) mass is 171 g/mol. The van der Waals surface area contributed by atoms with Crippen LogP contribution >= 0.6 is 0 Å². The van der Waals surface area contributed by atoms with E-state index in [9.17, 15) is 0 Å². The predicted octanol–water partition coefficient (Wildman–Crippen LogP) is 2.28. The zero-order chi connectivity index (χ0) is 9.52. The van der Waals surface area contributed by atoms with Gasteiger partial charge in [-0.1, -0.05) is 18.7 Å². The Labute approximate surface area is 77.4 Å². The van der Waals surface area contributed by atoms with Crippen molar-refractivity contribution in [3.05, 3.63) is 48.2 Å². The molecule has 1 aromatic carbocycles. The summed E-state index contributed by atoms with van der Waals surface area (Å²) in [5, 5.41) is 8.71. The van der Waals surface area contributed by atoms with E-state index in [0.29, 0.717) is 17.9 Å². The van der Waals surface area contributed by atoms with Crippen molar-refractivity contribution in [1.82, 2.24) is 0 Å². The number of para-hydroxylation sites is 1. The maximum atomic E-state index is 8.71. The van der Waals surface area contributed by atoms with E-state index >= 15 is 0 Å². The van der Waals surface area contributed by atoms with E-state index in [4.69, 9.17) is 10.00 Å². The van der Waals surface area contributed by atoms with Crippen LogP contribution in [0.25, 0.3) is 0 Å². The molecule has 0 aromatic heterocycles. The van der Waals surface area contributed by atoms with Gasteiger partial charge in [0.1, 0.15) is 18.4 Å². The Morgan fingerprint density at radius 1 is 1.46 bits per heavy atom. The van der Waals surface area contributed by atoms with Gasteiger partial charge in [0.2, 0.25) is 0 Å². The smallest absolute Gasteiger partial charge is 0.137 e. The number of nitriles is 1. The Kier molecular flexibility index (Phi) is 3.38. The van der Waals surface area contributed by atoms with Crippen molar-refractivity contribution in [3.8, 4) is 11.8 Å². The summed E-state index contributed by atoms with van der Waals surface area (Å²) < 4.78 is 5.29. The van der Waals surface area contributed by atoms with Crippen molar-refractivity contribution in [1.29, 1.82) is 5.26 Å². The van der Waals surface area contributed by atoms with Gasteiger partial charge in [-0.2, -0.15) is 5.26 Å². The van der Waals surface area contributed by atoms with Gasteiger partial charge >= 0.3 is 0 Å². The first kappa shape index (κ1) is 9.12. The summed E-state index contributed by atoms with van der Waals surface area (Å²) >= 11 is 0. The lowest BCUT2D eigenvalue weighted by molar-refractivity contribution is 0.362. The highest BCUT2D eigenvalue weighted by atomic mass is 16.5. The molecule has 0 saturated carbocycles. The molecule has 2 heteroatoms. The second kappa shape index (κ2) is 4.82. The first-order valence-corrected chi connectivity index (χ1v) is 3.84. The van der Waals surface area contributed by atoms with Crippen LogP contribution in [0.1, 0.15) is 5.56 Å². The fraction of sp³-hybridized carbons (Fsp3) is 0.0909. The van der Waals surface area contributed by atoms with Gasteiger partial charge in [0.05, 0.1) is 5.56 Å². The summed E-state index contributed by atoms with van der Waals surface area (Å²) in [6.45, 7) is 3.80. The van der Waals surface area contributed by atoms with E-state index in [1.54, 1.807) is 24.3 Å². The molecular formula is C11H9NO. The van der Waals surface area contributed by atoms with Crippen LogP contribution in [0.4, 0.5) is 0 Å². The summed E-state index contributed by atoms with van der Waals surface area (Å²) in [4.78, 5) is 0. The maximum Gasteiger partial charge on any atom is 0.137 e. The summed E-state index contributed by atoms with van der Waals surface area (Å²) in [5.41, 5.74) is 3.13. The molecule has 0 spiro atoms. The van der Waals surface area contributed by atoms with Gasteiger partial charge in [-0.15, -0.1) is 5.73 Å². The second-order valence-corrected chi connectivity index (χ2v) is 2.33. The number of benzene rings is 1. The molecule has 0 amide bonds. The molecular weight excluding hydrogens is 162 g/mol. The fourth-order valence-corrected chi connectivity index (χ4v) is 0.875. The third-order valence-corrected chi connectivity index (χ3v) is 1.47. The van der Waals surface area contributed by atoms with Crippen LogP contribution in [0.15, 0.2) is 42.7 Å². The van der Waals surface area contributed by atoms with Gasteiger partial charge in [0.25, 0.3) is 0 Å². The Morgan fingerprint density at radius 3 is 2.92 bits per heavy atom. The van der Waals surface area contributed by atoms with Crippen molar-refractivity contribution in [2.24, 2.45) is 0 Å². The second-order valence-electron chi connectivity index (χ2n) is 2.33. The number of hydrogen-bond donors (Lipinski definition) is 0. The third-order valence-electron chi connectivity index (χ3n) is 1.47. The van der Waals surface area contributed by atoms with E-state index in [2.05, 4.69) is 12.3 Å². The minimum Gasteiger partial charge on any atom is -0.488 e. The fourth-order valence-electron chi connectivity index (χ4n) is 0.875. The SMILES string of the molecule is C=C=CCOc1ccccc1C#N. The van der Waals surface area contributed by atoms with Crippen LogP contribution in [0.3, 0.4) is 0 Å². The lowest BCUT2D eigenvalue weighted by atomic mass is 10.2. The first-order valence-electron chi connectivity index (χ1n) is 3.84. The summed E-state index contributed by atoms with van der Waals surface area (Å²) in [7, 11) is 0. The van der Waals surface area contributed by atoms with Crippen LogP contribution < -0.4 is 4.74 Å². The molecule has 0 atom stereocenters. The van der Waals surface area contributed by atoms with Gasteiger partial charge in [-0.3, -0.25) is 0 Å². The molecule has 0 aliphatic heterocycles. The van der Waals surface area contributed by atoms with Crippen LogP contribution in [0, 0.1) is 11.3 Å². The molecule has 0 fully saturated rings. The lowest BCUT2D eigenvalue weighted by Crippen LogP contribution is -1.94. The van der Waals surface area contributed by atoms with Gasteiger partial charge in [-0.25, -0.2) is 0 Å². The zero-order valence-electron chi connectivity index (χ0n) is 7.16. The van der Waals surface area contributed by atoms with Gasteiger partial charge in [0, 0.05) is 0 Å². The Balaban J connectivity index is 2.76. The molecule has 0 saturated heterocycles. The lowest BCUT2D eigenvalue weighted by Gasteiger charge is -2.03. The summed E-state index contributed by atoms with van der Waals surface area (Å²) in [6.07, 6.45) is 1.66. The molecule has 0 bridgehead atoms. The van der Waals surface area contributed by atoms with E-state index in [1.165, 1.54) is 0 Å². The molecule has 1 aromatic rings. The van der Waals surface area contributed by atoms with Crippen LogP contribution in [0.5, 0.6) is 5.75 Å².